The molecule has 5 rings (SSSR count). The molecule has 190 valence electrons. The van der Waals surface area contributed by atoms with Crippen molar-refractivity contribution in [3.05, 3.63) is 82.5 Å². The first kappa shape index (κ1) is 24.8. The first-order valence-electron chi connectivity index (χ1n) is 12.1. The normalized spacial score (nSPS) is 16.9. The van der Waals surface area contributed by atoms with Crippen LogP contribution in [0.2, 0.25) is 5.02 Å². The second kappa shape index (κ2) is 11.0. The number of carbonyl (C=O) groups is 2. The van der Waals surface area contributed by atoms with Gasteiger partial charge in [0.05, 0.1) is 24.8 Å². The molecule has 0 spiro atoms. The van der Waals surface area contributed by atoms with Crippen LogP contribution in [0, 0.1) is 0 Å². The number of hydrogen-bond acceptors (Lipinski definition) is 6. The summed E-state index contributed by atoms with van der Waals surface area (Å²) in [5.74, 6) is 0.749. The third kappa shape index (κ3) is 5.60. The number of hydrogen-bond donors (Lipinski definition) is 2. The molecule has 3 N–H and O–H groups in total. The maximum absolute atomic E-state index is 13.3. The van der Waals surface area contributed by atoms with Crippen molar-refractivity contribution in [2.45, 2.75) is 12.5 Å². The van der Waals surface area contributed by atoms with Crippen molar-refractivity contribution in [3.8, 4) is 16.9 Å². The Balaban J connectivity index is 1.31. The Morgan fingerprint density at radius 2 is 1.92 bits per heavy atom. The molecule has 2 aromatic carbocycles. The van der Waals surface area contributed by atoms with Crippen LogP contribution in [0.25, 0.3) is 17.2 Å². The van der Waals surface area contributed by atoms with Gasteiger partial charge in [0, 0.05) is 42.9 Å². The predicted molar refractivity (Wildman–Crippen MR) is 142 cm³/mol. The van der Waals surface area contributed by atoms with E-state index in [1.807, 2.05) is 35.2 Å². The molecule has 3 heterocycles. The molecule has 2 aliphatic heterocycles. The third-order valence-corrected chi connectivity index (χ3v) is 6.71. The van der Waals surface area contributed by atoms with E-state index < -0.39 is 0 Å². The maximum Gasteiger partial charge on any atom is 0.254 e. The molecule has 1 aromatic heterocycles. The minimum absolute atomic E-state index is 0.0200. The van der Waals surface area contributed by atoms with Crippen LogP contribution in [0.4, 0.5) is 5.82 Å². The van der Waals surface area contributed by atoms with Crippen LogP contribution >= 0.6 is 11.6 Å². The largest absolute Gasteiger partial charge is 0.486 e. The fourth-order valence-electron chi connectivity index (χ4n) is 4.53. The fraction of sp³-hybridized carbons (Fsp3) is 0.250. The monoisotopic (exact) mass is 518 g/mol. The third-order valence-electron chi connectivity index (χ3n) is 6.42. The zero-order valence-electron chi connectivity index (χ0n) is 20.2. The summed E-state index contributed by atoms with van der Waals surface area (Å²) in [6.45, 7) is 2.52. The van der Waals surface area contributed by atoms with Crippen LogP contribution in [-0.2, 0) is 16.0 Å². The number of benzene rings is 2. The second-order valence-electron chi connectivity index (χ2n) is 8.89. The van der Waals surface area contributed by atoms with Gasteiger partial charge in [-0.1, -0.05) is 35.9 Å². The van der Waals surface area contributed by atoms with E-state index in [1.165, 1.54) is 6.08 Å². The number of aromatic nitrogens is 1. The summed E-state index contributed by atoms with van der Waals surface area (Å²) in [5, 5.41) is 3.38. The number of pyridine rings is 1. The summed E-state index contributed by atoms with van der Waals surface area (Å²) in [7, 11) is 0. The molecule has 2 aliphatic rings. The molecule has 1 atom stereocenters. The molecule has 0 saturated carbocycles. The lowest BCUT2D eigenvalue weighted by molar-refractivity contribution is -0.116. The molecule has 9 heteroatoms. The van der Waals surface area contributed by atoms with E-state index >= 15 is 0 Å². The van der Waals surface area contributed by atoms with Crippen LogP contribution < -0.4 is 15.8 Å². The quantitative estimate of drug-likeness (QED) is 0.483. The van der Waals surface area contributed by atoms with Crippen LogP contribution in [0.5, 0.6) is 5.75 Å². The van der Waals surface area contributed by atoms with Gasteiger partial charge in [0.15, 0.2) is 0 Å². The van der Waals surface area contributed by atoms with E-state index in [9.17, 15) is 9.59 Å². The maximum atomic E-state index is 13.3. The Bertz CT molecular complexity index is 1340. The molecule has 0 bridgehead atoms. The van der Waals surface area contributed by atoms with Gasteiger partial charge < -0.3 is 25.4 Å². The minimum Gasteiger partial charge on any atom is -0.486 e. The number of nitrogen functional groups attached to an aromatic ring is 1. The lowest BCUT2D eigenvalue weighted by Gasteiger charge is -2.27. The molecule has 1 saturated heterocycles. The molecule has 37 heavy (non-hydrogen) atoms. The number of halogens is 1. The topological polar surface area (TPSA) is 107 Å². The van der Waals surface area contributed by atoms with Crippen molar-refractivity contribution in [2.75, 3.05) is 38.6 Å². The summed E-state index contributed by atoms with van der Waals surface area (Å²) in [6, 6.07) is 14.8. The molecule has 2 amide bonds. The van der Waals surface area contributed by atoms with Gasteiger partial charge in [-0.3, -0.25) is 9.59 Å². The van der Waals surface area contributed by atoms with Crippen LogP contribution in [-0.4, -0.2) is 60.7 Å². The van der Waals surface area contributed by atoms with Crippen LogP contribution in [0.3, 0.4) is 0 Å². The molecular formula is C28H27ClN4O4. The predicted octanol–water partition coefficient (Wildman–Crippen LogP) is 3.59. The Morgan fingerprint density at radius 3 is 2.70 bits per heavy atom. The molecule has 3 aromatic rings. The van der Waals surface area contributed by atoms with Crippen molar-refractivity contribution in [2.24, 2.45) is 0 Å². The number of nitrogens with one attached hydrogen (secondary N) is 1. The van der Waals surface area contributed by atoms with Crippen molar-refractivity contribution < 1.29 is 19.1 Å². The molecular weight excluding hydrogens is 492 g/mol. The highest BCUT2D eigenvalue weighted by molar-refractivity contribution is 6.32. The van der Waals surface area contributed by atoms with Crippen LogP contribution in [0.15, 0.2) is 60.8 Å². The number of anilines is 1. The number of ether oxygens (including phenoxy) is 2. The average Bonchev–Trinajstić information content (AvgIpc) is 3.37. The Hall–Kier alpha value is -3.88. The number of carbonyl (C=O) groups excluding carboxylic acids is 2. The highest BCUT2D eigenvalue weighted by Crippen LogP contribution is 2.42. The number of rotatable bonds is 6. The molecule has 0 aliphatic carbocycles. The SMILES string of the molecule is Nc1ccc(C=CC(=O)NCC2Cc3c(-c4ccccc4C(=O)N4CCOCC4)ccc(Cl)c3O2)cn1. The van der Waals surface area contributed by atoms with Gasteiger partial charge in [0.1, 0.15) is 17.7 Å². The molecule has 8 nitrogen and oxygen atoms in total. The molecule has 0 radical (unpaired) electrons. The van der Waals surface area contributed by atoms with Crippen LogP contribution in [0.1, 0.15) is 21.5 Å². The number of amides is 2. The van der Waals surface area contributed by atoms with Gasteiger partial charge in [0.2, 0.25) is 5.91 Å². The van der Waals surface area contributed by atoms with E-state index in [4.69, 9.17) is 26.8 Å². The van der Waals surface area contributed by atoms with Gasteiger partial charge >= 0.3 is 0 Å². The first-order chi connectivity index (χ1) is 18.0. The summed E-state index contributed by atoms with van der Waals surface area (Å²) >= 11 is 6.48. The first-order valence-corrected chi connectivity index (χ1v) is 12.5. The van der Waals surface area contributed by atoms with E-state index in [-0.39, 0.29) is 17.9 Å². The molecule has 1 fully saturated rings. The average molecular weight is 519 g/mol. The summed E-state index contributed by atoms with van der Waals surface area (Å²) < 4.78 is 11.5. The summed E-state index contributed by atoms with van der Waals surface area (Å²) in [4.78, 5) is 31.5. The highest BCUT2D eigenvalue weighted by Gasteiger charge is 2.30. The van der Waals surface area contributed by atoms with Crippen molar-refractivity contribution in [1.82, 2.24) is 15.2 Å². The van der Waals surface area contributed by atoms with E-state index in [0.717, 1.165) is 22.3 Å². The standard InChI is InChI=1S/C28H27ClN4O4/c29-24-8-7-21(20-3-1-2-4-22(20)28(35)33-11-13-36-14-12-33)23-15-19(37-27(23)24)17-32-26(34)10-6-18-5-9-25(30)31-16-18/h1-10,16,19H,11-15,17H2,(H2,30,31)(H,32,34). The van der Waals surface area contributed by atoms with E-state index in [2.05, 4.69) is 10.3 Å². The number of nitrogens with two attached hydrogens (primary N) is 1. The Morgan fingerprint density at radius 1 is 1.11 bits per heavy atom. The Kier molecular flexibility index (Phi) is 7.39. The minimum atomic E-state index is -0.286. The number of nitrogens with zero attached hydrogens (tertiary/aromatic N) is 2. The van der Waals surface area contributed by atoms with E-state index in [1.54, 1.807) is 30.5 Å². The fourth-order valence-corrected chi connectivity index (χ4v) is 4.75. The van der Waals surface area contributed by atoms with Gasteiger partial charge in [-0.25, -0.2) is 4.98 Å². The zero-order chi connectivity index (χ0) is 25.8. The van der Waals surface area contributed by atoms with Gasteiger partial charge in [-0.15, -0.1) is 0 Å². The van der Waals surface area contributed by atoms with E-state index in [0.29, 0.717) is 61.4 Å². The summed E-state index contributed by atoms with van der Waals surface area (Å²) in [5.41, 5.74) is 9.66. The summed E-state index contributed by atoms with van der Waals surface area (Å²) in [6.07, 6.45) is 4.98. The van der Waals surface area contributed by atoms with Crippen molar-refractivity contribution >= 4 is 35.3 Å². The second-order valence-corrected chi connectivity index (χ2v) is 9.30. The van der Waals surface area contributed by atoms with Gasteiger partial charge in [0.25, 0.3) is 5.91 Å². The smallest absolute Gasteiger partial charge is 0.254 e. The zero-order valence-corrected chi connectivity index (χ0v) is 20.9. The van der Waals surface area contributed by atoms with Crippen molar-refractivity contribution in [1.29, 1.82) is 0 Å². The van der Waals surface area contributed by atoms with Crippen molar-refractivity contribution in [3.63, 3.8) is 0 Å². The lowest BCUT2D eigenvalue weighted by Crippen LogP contribution is -2.40. The van der Waals surface area contributed by atoms with Gasteiger partial charge in [-0.2, -0.15) is 0 Å². The highest BCUT2D eigenvalue weighted by atomic mass is 35.5. The number of fused-ring (bicyclic) bond motifs is 1. The molecule has 1 unspecified atom stereocenters. The van der Waals surface area contributed by atoms with Gasteiger partial charge in [-0.05, 0) is 47.0 Å². The Labute approximate surface area is 220 Å². The lowest BCUT2D eigenvalue weighted by atomic mass is 9.92. The number of morpholine rings is 1.